The van der Waals surface area contributed by atoms with E-state index in [4.69, 9.17) is 23.2 Å². The Kier molecular flexibility index (Phi) is 5.14. The summed E-state index contributed by atoms with van der Waals surface area (Å²) in [6.45, 7) is 0. The molecule has 0 heterocycles. The number of ketones is 1. The molecule has 0 saturated carbocycles. The van der Waals surface area contributed by atoms with Crippen LogP contribution >= 0.6 is 23.2 Å². The maximum Gasteiger partial charge on any atom is 0.289 e. The smallest absolute Gasteiger partial charge is 0.289 e. The molecule has 2 rings (SSSR count). The molecule has 0 aliphatic carbocycles. The summed E-state index contributed by atoms with van der Waals surface area (Å²) in [4.78, 5) is 22.1. The Morgan fingerprint density at radius 2 is 1.82 bits per heavy atom. The highest BCUT2D eigenvalue weighted by Gasteiger charge is 2.12. The van der Waals surface area contributed by atoms with Crippen LogP contribution in [0.25, 0.3) is 0 Å². The second-order valence-corrected chi connectivity index (χ2v) is 5.12. The third-order valence-corrected chi connectivity index (χ3v) is 3.33. The van der Waals surface area contributed by atoms with Crippen LogP contribution in [0.15, 0.2) is 54.7 Å². The van der Waals surface area contributed by atoms with E-state index in [0.29, 0.717) is 16.3 Å². The van der Waals surface area contributed by atoms with Crippen LogP contribution in [-0.2, 0) is 0 Å². The molecule has 0 spiro atoms. The van der Waals surface area contributed by atoms with Gasteiger partial charge in [0, 0.05) is 34.6 Å². The van der Waals surface area contributed by atoms with Gasteiger partial charge in [0.15, 0.2) is 5.78 Å². The minimum absolute atomic E-state index is 0.0526. The number of nitrogens with one attached hydrogen (secondary N) is 1. The van der Waals surface area contributed by atoms with Crippen molar-refractivity contribution in [2.45, 2.75) is 0 Å². The molecule has 112 valence electrons. The largest absolute Gasteiger partial charge is 0.361 e. The zero-order chi connectivity index (χ0) is 16.1. The third-order valence-electron chi connectivity index (χ3n) is 2.76. The topological polar surface area (TPSA) is 72.2 Å². The van der Waals surface area contributed by atoms with Crippen molar-refractivity contribution < 1.29 is 9.72 Å². The number of halogens is 2. The third kappa shape index (κ3) is 4.07. The zero-order valence-corrected chi connectivity index (χ0v) is 12.6. The second kappa shape index (κ2) is 7.06. The van der Waals surface area contributed by atoms with Gasteiger partial charge in [-0.1, -0.05) is 23.2 Å². The lowest BCUT2D eigenvalue weighted by Gasteiger charge is -2.02. The average Bonchev–Trinajstić information content (AvgIpc) is 2.49. The number of carbonyl (C=O) groups is 1. The summed E-state index contributed by atoms with van der Waals surface area (Å²) in [6, 6.07) is 10.8. The number of allylic oxidation sites excluding steroid dienone is 1. The zero-order valence-electron chi connectivity index (χ0n) is 11.1. The van der Waals surface area contributed by atoms with Crippen LogP contribution in [0.3, 0.4) is 0 Å². The van der Waals surface area contributed by atoms with Crippen LogP contribution in [0.4, 0.5) is 11.4 Å². The average molecular weight is 337 g/mol. The summed E-state index contributed by atoms with van der Waals surface area (Å²) in [7, 11) is 0. The number of nitro groups is 1. The van der Waals surface area contributed by atoms with Crippen molar-refractivity contribution in [1.82, 2.24) is 0 Å². The molecule has 0 saturated heterocycles. The molecule has 0 radical (unpaired) electrons. The number of carbonyl (C=O) groups excluding carboxylic acids is 1. The van der Waals surface area contributed by atoms with Crippen molar-refractivity contribution in [2.24, 2.45) is 0 Å². The number of nitro benzene ring substituents is 1. The van der Waals surface area contributed by atoms with E-state index in [1.165, 1.54) is 24.4 Å². The molecule has 0 bridgehead atoms. The van der Waals surface area contributed by atoms with Crippen molar-refractivity contribution in [1.29, 1.82) is 0 Å². The lowest BCUT2D eigenvalue weighted by Crippen LogP contribution is -1.96. The number of benzene rings is 2. The maximum atomic E-state index is 11.9. The number of anilines is 1. The van der Waals surface area contributed by atoms with Gasteiger partial charge in [-0.3, -0.25) is 14.9 Å². The standard InChI is InChI=1S/C15H10Cl2N2O3/c16-11-3-1-10(2-4-11)15(20)7-8-18-12-5-6-13(17)14(9-12)19(21)22/h1-9,18H/b8-7+. The fourth-order valence-electron chi connectivity index (χ4n) is 1.67. The van der Waals surface area contributed by atoms with Crippen molar-refractivity contribution in [2.75, 3.05) is 5.32 Å². The van der Waals surface area contributed by atoms with Gasteiger partial charge in [-0.05, 0) is 36.4 Å². The van der Waals surface area contributed by atoms with Gasteiger partial charge < -0.3 is 5.32 Å². The molecule has 0 atom stereocenters. The Hall–Kier alpha value is -2.37. The summed E-state index contributed by atoms with van der Waals surface area (Å²) in [6.07, 6.45) is 2.73. The molecule has 0 amide bonds. The fourth-order valence-corrected chi connectivity index (χ4v) is 1.98. The minimum atomic E-state index is -0.573. The Balaban J connectivity index is 2.06. The molecule has 5 nitrogen and oxygen atoms in total. The summed E-state index contributed by atoms with van der Waals surface area (Å²) < 4.78 is 0. The van der Waals surface area contributed by atoms with Crippen LogP contribution in [-0.4, -0.2) is 10.7 Å². The molecule has 0 unspecified atom stereocenters. The first kappa shape index (κ1) is 16.0. The van der Waals surface area contributed by atoms with Crippen molar-refractivity contribution in [3.8, 4) is 0 Å². The van der Waals surface area contributed by atoms with Gasteiger partial charge in [-0.2, -0.15) is 0 Å². The molecule has 2 aromatic rings. The van der Waals surface area contributed by atoms with Gasteiger partial charge >= 0.3 is 0 Å². The Labute approximate surface area is 136 Å². The highest BCUT2D eigenvalue weighted by molar-refractivity contribution is 6.32. The van der Waals surface area contributed by atoms with Gasteiger partial charge in [-0.25, -0.2) is 0 Å². The quantitative estimate of drug-likeness (QED) is 0.371. The highest BCUT2D eigenvalue weighted by Crippen LogP contribution is 2.27. The fraction of sp³-hybridized carbons (Fsp3) is 0. The first-order valence-electron chi connectivity index (χ1n) is 6.14. The lowest BCUT2D eigenvalue weighted by molar-refractivity contribution is -0.384. The number of rotatable bonds is 5. The first-order valence-corrected chi connectivity index (χ1v) is 6.90. The van der Waals surface area contributed by atoms with Crippen molar-refractivity contribution >= 4 is 40.4 Å². The second-order valence-electron chi connectivity index (χ2n) is 4.27. The number of hydrogen-bond acceptors (Lipinski definition) is 4. The predicted octanol–water partition coefficient (Wildman–Crippen LogP) is 4.71. The number of hydrogen-bond donors (Lipinski definition) is 1. The van der Waals surface area contributed by atoms with E-state index in [1.807, 2.05) is 0 Å². The summed E-state index contributed by atoms with van der Waals surface area (Å²) in [5, 5.41) is 14.2. The van der Waals surface area contributed by atoms with Crippen LogP contribution in [0.5, 0.6) is 0 Å². The molecule has 1 N–H and O–H groups in total. The van der Waals surface area contributed by atoms with E-state index in [1.54, 1.807) is 30.3 Å². The normalized spacial score (nSPS) is 10.6. The van der Waals surface area contributed by atoms with Crippen LogP contribution in [0, 0.1) is 10.1 Å². The molecule has 7 heteroatoms. The summed E-state index contributed by atoms with van der Waals surface area (Å²) >= 11 is 11.5. The van der Waals surface area contributed by atoms with E-state index in [-0.39, 0.29) is 16.5 Å². The van der Waals surface area contributed by atoms with Crippen molar-refractivity contribution in [3.05, 3.63) is 80.5 Å². The monoisotopic (exact) mass is 336 g/mol. The molecular weight excluding hydrogens is 327 g/mol. The SMILES string of the molecule is O=C(/C=C/Nc1ccc(Cl)c([N+](=O)[O-])c1)c1ccc(Cl)cc1. The van der Waals surface area contributed by atoms with Crippen LogP contribution in [0.2, 0.25) is 10.0 Å². The Morgan fingerprint density at radius 3 is 2.45 bits per heavy atom. The van der Waals surface area contributed by atoms with Crippen LogP contribution < -0.4 is 5.32 Å². The highest BCUT2D eigenvalue weighted by atomic mass is 35.5. The van der Waals surface area contributed by atoms with Crippen molar-refractivity contribution in [3.63, 3.8) is 0 Å². The van der Waals surface area contributed by atoms with E-state index < -0.39 is 4.92 Å². The van der Waals surface area contributed by atoms with E-state index in [0.717, 1.165) is 0 Å². The van der Waals surface area contributed by atoms with E-state index in [9.17, 15) is 14.9 Å². The van der Waals surface area contributed by atoms with Gasteiger partial charge in [0.1, 0.15) is 5.02 Å². The molecular formula is C15H10Cl2N2O3. The molecule has 0 aliphatic rings. The molecule has 0 fully saturated rings. The maximum absolute atomic E-state index is 11.9. The lowest BCUT2D eigenvalue weighted by atomic mass is 10.1. The van der Waals surface area contributed by atoms with Crippen LogP contribution in [0.1, 0.15) is 10.4 Å². The summed E-state index contributed by atoms with van der Waals surface area (Å²) in [5.74, 6) is -0.215. The molecule has 22 heavy (non-hydrogen) atoms. The van der Waals surface area contributed by atoms with Gasteiger partial charge in [0.05, 0.1) is 4.92 Å². The van der Waals surface area contributed by atoms with E-state index in [2.05, 4.69) is 5.32 Å². The Morgan fingerprint density at radius 1 is 1.14 bits per heavy atom. The van der Waals surface area contributed by atoms with Gasteiger partial charge in [0.25, 0.3) is 5.69 Å². The molecule has 0 aromatic heterocycles. The van der Waals surface area contributed by atoms with Gasteiger partial charge in [0.2, 0.25) is 0 Å². The molecule has 2 aromatic carbocycles. The van der Waals surface area contributed by atoms with Gasteiger partial charge in [-0.15, -0.1) is 0 Å². The van der Waals surface area contributed by atoms with E-state index >= 15 is 0 Å². The summed E-state index contributed by atoms with van der Waals surface area (Å²) in [5.41, 5.74) is 0.741. The molecule has 0 aliphatic heterocycles. The Bertz CT molecular complexity index is 743. The first-order chi connectivity index (χ1) is 10.5. The predicted molar refractivity (Wildman–Crippen MR) is 86.7 cm³/mol. The number of nitrogens with zero attached hydrogens (tertiary/aromatic N) is 1. The minimum Gasteiger partial charge on any atom is -0.361 e.